The highest BCUT2D eigenvalue weighted by molar-refractivity contribution is 9.26. The highest BCUT2D eigenvalue weighted by atomic mass is 79.9. The van der Waals surface area contributed by atoms with Crippen molar-refractivity contribution >= 4 is 71.6 Å². The summed E-state index contributed by atoms with van der Waals surface area (Å²) in [5.74, 6) is 0. The van der Waals surface area contributed by atoms with Crippen LogP contribution in [0, 0.1) is 20.2 Å². The van der Waals surface area contributed by atoms with Gasteiger partial charge in [0.1, 0.15) is 5.04 Å². The van der Waals surface area contributed by atoms with Crippen LogP contribution in [0.3, 0.4) is 0 Å². The summed E-state index contributed by atoms with van der Waals surface area (Å²) < 4.78 is 42.7. The third-order valence-corrected chi connectivity index (χ3v) is 6.35. The average molecular weight is 506 g/mol. The Labute approximate surface area is 158 Å². The normalized spacial score (nSPS) is 18.3. The van der Waals surface area contributed by atoms with Gasteiger partial charge in [-0.2, -0.15) is 13.2 Å². The highest BCUT2D eigenvalue weighted by Crippen LogP contribution is 2.48. The molecule has 0 atom stereocenters. The maximum Gasteiger partial charge on any atom is 0.418 e. The molecule has 0 unspecified atom stereocenters. The van der Waals surface area contributed by atoms with E-state index in [0.717, 1.165) is 11.9 Å². The molecule has 1 heterocycles. The molecule has 1 aliphatic rings. The molecule has 0 bridgehead atoms. The van der Waals surface area contributed by atoms with Crippen molar-refractivity contribution in [2.75, 3.05) is 0 Å². The molecule has 134 valence electrons. The molecular formula is C11H5Br2F3N4O4S. The molecule has 1 aromatic rings. The lowest BCUT2D eigenvalue weighted by molar-refractivity contribution is -0.394. The largest absolute Gasteiger partial charge is 0.418 e. The number of rotatable bonds is 3. The van der Waals surface area contributed by atoms with Gasteiger partial charge in [0, 0.05) is 18.0 Å². The zero-order valence-electron chi connectivity index (χ0n) is 11.9. The third kappa shape index (κ3) is 3.84. The van der Waals surface area contributed by atoms with Crippen LogP contribution in [-0.2, 0) is 6.18 Å². The van der Waals surface area contributed by atoms with Crippen molar-refractivity contribution in [3.05, 3.63) is 37.9 Å². The number of nitro benzene ring substituents is 2. The standard InChI is InChI=1S/C11H5Br2F3N4O4S/c1-4-10(12,13)9(25-18-4)17-8-6(11(14,15)16)2-5(19(21)22)3-7(8)20(23)24/h2-3H,1H3/b17-9-. The molecular weight excluding hydrogens is 501 g/mol. The summed E-state index contributed by atoms with van der Waals surface area (Å²) in [6.45, 7) is 1.56. The molecule has 0 fully saturated rings. The minimum Gasteiger partial charge on any atom is -0.258 e. The Morgan fingerprint density at radius 1 is 1.24 bits per heavy atom. The van der Waals surface area contributed by atoms with E-state index in [-0.39, 0.29) is 11.1 Å². The van der Waals surface area contributed by atoms with Gasteiger partial charge < -0.3 is 0 Å². The van der Waals surface area contributed by atoms with Crippen molar-refractivity contribution in [1.29, 1.82) is 0 Å². The van der Waals surface area contributed by atoms with Gasteiger partial charge >= 0.3 is 11.9 Å². The first-order chi connectivity index (χ1) is 11.4. The van der Waals surface area contributed by atoms with Crippen LogP contribution in [0.15, 0.2) is 21.5 Å². The number of halogens is 5. The number of nitro groups is 2. The van der Waals surface area contributed by atoms with E-state index >= 15 is 0 Å². The van der Waals surface area contributed by atoms with Gasteiger partial charge in [-0.05, 0) is 6.92 Å². The van der Waals surface area contributed by atoms with Crippen LogP contribution in [0.2, 0.25) is 0 Å². The minimum atomic E-state index is -5.09. The van der Waals surface area contributed by atoms with E-state index in [1.165, 1.54) is 0 Å². The predicted octanol–water partition coefficient (Wildman–Crippen LogP) is 5.16. The predicted molar refractivity (Wildman–Crippen MR) is 93.1 cm³/mol. The summed E-state index contributed by atoms with van der Waals surface area (Å²) in [6.07, 6.45) is -5.09. The van der Waals surface area contributed by atoms with Crippen molar-refractivity contribution in [3.8, 4) is 0 Å². The molecule has 1 aliphatic heterocycles. The fourth-order valence-corrected chi connectivity index (χ4v) is 3.53. The molecule has 0 spiro atoms. The molecule has 0 aromatic heterocycles. The SMILES string of the molecule is CC1=NS/C(=N\c2c([N+](=O)[O-])cc([N+](=O)[O-])cc2C(F)(F)F)C1(Br)Br. The van der Waals surface area contributed by atoms with Crippen LogP contribution in [0.25, 0.3) is 0 Å². The van der Waals surface area contributed by atoms with E-state index in [4.69, 9.17) is 0 Å². The number of hydrogen-bond acceptors (Lipinski definition) is 7. The lowest BCUT2D eigenvalue weighted by Crippen LogP contribution is -2.25. The van der Waals surface area contributed by atoms with E-state index in [2.05, 4.69) is 41.3 Å². The molecule has 25 heavy (non-hydrogen) atoms. The summed E-state index contributed by atoms with van der Waals surface area (Å²) in [6, 6.07) is 0.649. The van der Waals surface area contributed by atoms with Crippen LogP contribution < -0.4 is 0 Å². The third-order valence-electron chi connectivity index (χ3n) is 2.99. The lowest BCUT2D eigenvalue weighted by atomic mass is 10.1. The number of non-ortho nitro benzene ring substituents is 1. The van der Waals surface area contributed by atoms with E-state index in [0.29, 0.717) is 11.8 Å². The van der Waals surface area contributed by atoms with Crippen molar-refractivity contribution in [1.82, 2.24) is 0 Å². The van der Waals surface area contributed by atoms with Gasteiger partial charge in [0.05, 0.1) is 27.2 Å². The fourth-order valence-electron chi connectivity index (χ4n) is 1.76. The molecule has 8 nitrogen and oxygen atoms in total. The number of alkyl halides is 5. The first-order valence-corrected chi connectivity index (χ1v) is 8.44. The Morgan fingerprint density at radius 3 is 2.24 bits per heavy atom. The van der Waals surface area contributed by atoms with Gasteiger partial charge in [-0.3, -0.25) is 20.2 Å². The quantitative estimate of drug-likeness (QED) is 0.244. The van der Waals surface area contributed by atoms with Crippen molar-refractivity contribution in [2.24, 2.45) is 9.39 Å². The molecule has 0 N–H and O–H groups in total. The average Bonchev–Trinajstić information content (AvgIpc) is 2.72. The van der Waals surface area contributed by atoms with Crippen molar-refractivity contribution in [2.45, 2.75) is 16.3 Å². The van der Waals surface area contributed by atoms with E-state index < -0.39 is 41.9 Å². The van der Waals surface area contributed by atoms with Crippen molar-refractivity contribution < 1.29 is 23.0 Å². The van der Waals surface area contributed by atoms with Crippen LogP contribution in [0.5, 0.6) is 0 Å². The minimum absolute atomic E-state index is 0.0348. The molecule has 0 amide bonds. The van der Waals surface area contributed by atoms with Gasteiger partial charge in [0.15, 0.2) is 8.92 Å². The molecule has 0 saturated carbocycles. The lowest BCUT2D eigenvalue weighted by Gasteiger charge is -2.15. The maximum absolute atomic E-state index is 13.3. The topological polar surface area (TPSA) is 111 Å². The molecule has 14 heteroatoms. The fraction of sp³-hybridized carbons (Fsp3) is 0.273. The number of aliphatic imine (C=N–C) groups is 1. The first-order valence-electron chi connectivity index (χ1n) is 6.08. The highest BCUT2D eigenvalue weighted by Gasteiger charge is 2.43. The first kappa shape index (κ1) is 19.8. The van der Waals surface area contributed by atoms with Crippen LogP contribution >= 0.6 is 43.8 Å². The van der Waals surface area contributed by atoms with Crippen LogP contribution in [0.4, 0.5) is 30.2 Å². The number of nitrogens with zero attached hydrogens (tertiary/aromatic N) is 4. The molecule has 2 rings (SSSR count). The smallest absolute Gasteiger partial charge is 0.258 e. The molecule has 0 saturated heterocycles. The van der Waals surface area contributed by atoms with Gasteiger partial charge in [-0.15, -0.1) is 0 Å². The zero-order valence-corrected chi connectivity index (χ0v) is 15.9. The Hall–Kier alpha value is -1.54. The summed E-state index contributed by atoms with van der Waals surface area (Å²) in [5, 5.41) is 21.9. The van der Waals surface area contributed by atoms with Crippen LogP contribution in [0.1, 0.15) is 12.5 Å². The molecule has 0 aliphatic carbocycles. The second-order valence-corrected chi connectivity index (χ2v) is 8.83. The van der Waals surface area contributed by atoms with Crippen molar-refractivity contribution in [3.63, 3.8) is 0 Å². The number of hydrogen-bond donors (Lipinski definition) is 0. The van der Waals surface area contributed by atoms with Crippen LogP contribution in [-0.4, -0.2) is 23.8 Å². The van der Waals surface area contributed by atoms with E-state index in [9.17, 15) is 33.4 Å². The van der Waals surface area contributed by atoms with E-state index in [1.807, 2.05) is 0 Å². The molecule has 0 radical (unpaired) electrons. The van der Waals surface area contributed by atoms with Gasteiger partial charge in [-0.1, -0.05) is 31.9 Å². The monoisotopic (exact) mass is 504 g/mol. The Morgan fingerprint density at radius 2 is 1.84 bits per heavy atom. The summed E-state index contributed by atoms with van der Waals surface area (Å²) in [4.78, 5) is 23.4. The summed E-state index contributed by atoms with van der Waals surface area (Å²) in [5.41, 5.74) is -4.37. The Kier molecular flexibility index (Phi) is 5.26. The van der Waals surface area contributed by atoms with E-state index in [1.54, 1.807) is 6.92 Å². The number of benzene rings is 1. The van der Waals surface area contributed by atoms with Gasteiger partial charge in [0.25, 0.3) is 5.69 Å². The summed E-state index contributed by atoms with van der Waals surface area (Å²) >= 11 is 7.08. The maximum atomic E-state index is 13.3. The second-order valence-electron chi connectivity index (χ2n) is 4.63. The van der Waals surface area contributed by atoms with Gasteiger partial charge in [0.2, 0.25) is 0 Å². The Balaban J connectivity index is 2.80. The molecule has 1 aromatic carbocycles. The zero-order chi connectivity index (χ0) is 19.2. The summed E-state index contributed by atoms with van der Waals surface area (Å²) in [7, 11) is 0. The Bertz CT molecular complexity index is 841. The second kappa shape index (κ2) is 6.64. The van der Waals surface area contributed by atoms with Gasteiger partial charge in [-0.25, -0.2) is 9.39 Å².